The van der Waals surface area contributed by atoms with Gasteiger partial charge in [-0.25, -0.2) is 0 Å². The van der Waals surface area contributed by atoms with E-state index in [9.17, 15) is 0 Å². The van der Waals surface area contributed by atoms with Gasteiger partial charge in [0.2, 0.25) is 0 Å². The molecule has 1 aliphatic heterocycles. The van der Waals surface area contributed by atoms with Gasteiger partial charge in [-0.2, -0.15) is 14.0 Å². The van der Waals surface area contributed by atoms with E-state index in [4.69, 9.17) is 10.5 Å². The van der Waals surface area contributed by atoms with Gasteiger partial charge in [0.15, 0.2) is 0 Å². The zero-order valence-electron chi connectivity index (χ0n) is 8.71. The van der Waals surface area contributed by atoms with Crippen LogP contribution in [0.2, 0.25) is 0 Å². The summed E-state index contributed by atoms with van der Waals surface area (Å²) in [4.78, 5) is 2.28. The van der Waals surface area contributed by atoms with Gasteiger partial charge in [-0.1, -0.05) is 0 Å². The van der Waals surface area contributed by atoms with Crippen LogP contribution >= 0.6 is 0 Å². The van der Waals surface area contributed by atoms with Gasteiger partial charge in [0.1, 0.15) is 0 Å². The number of ether oxygens (including phenoxy) is 1. The number of morpholine rings is 1. The molecule has 1 fully saturated rings. The third-order valence-electron chi connectivity index (χ3n) is 1.42. The Kier molecular flexibility index (Phi) is 27.1. The minimum Gasteiger partial charge on any atom is -0.680 e. The first-order chi connectivity index (χ1) is 5.93. The molecule has 1 radical (unpaired) electrons. The molecule has 3 nitrogen and oxygen atoms in total. The van der Waals surface area contributed by atoms with Crippen LogP contribution in [0.4, 0.5) is 0 Å². The summed E-state index contributed by atoms with van der Waals surface area (Å²) in [6.45, 7) is 13.6. The first-order valence-electron chi connectivity index (χ1n) is 4.23. The van der Waals surface area contributed by atoms with Crippen molar-refractivity contribution >= 4 is 0 Å². The molecule has 1 saturated heterocycles. The van der Waals surface area contributed by atoms with Crippen molar-refractivity contribution in [2.45, 2.75) is 6.92 Å². The molecule has 0 unspecified atom stereocenters. The fourth-order valence-corrected chi connectivity index (χ4v) is 0.825. The summed E-state index contributed by atoms with van der Waals surface area (Å²) in [7, 11) is 1.25. The van der Waals surface area contributed by atoms with Crippen LogP contribution in [0, 0.1) is 13.8 Å². The van der Waals surface area contributed by atoms with E-state index in [1.807, 2.05) is 0 Å². The summed E-state index contributed by atoms with van der Waals surface area (Å²) in [5.74, 6) is 0. The Labute approximate surface area is 97.3 Å². The molecule has 79 valence electrons. The van der Waals surface area contributed by atoms with E-state index in [1.54, 1.807) is 6.92 Å². The number of nitrogens with one attached hydrogen (secondary N) is 1. The minimum atomic E-state index is 0. The van der Waals surface area contributed by atoms with Crippen molar-refractivity contribution < 1.29 is 25.8 Å². The summed E-state index contributed by atoms with van der Waals surface area (Å²) in [6, 6.07) is 0. The zero-order valence-corrected chi connectivity index (χ0v) is 10.7. The molecule has 0 aromatic heterocycles. The summed E-state index contributed by atoms with van der Waals surface area (Å²) in [5.41, 5.74) is 5.75. The topological polar surface area (TPSA) is 36.3 Å². The largest absolute Gasteiger partial charge is 3.00 e. The Balaban J connectivity index is -0.000000178. The maximum absolute atomic E-state index is 5.75. The van der Waals surface area contributed by atoms with Gasteiger partial charge < -0.3 is 29.2 Å². The molecule has 0 amide bonds. The first kappa shape index (κ1) is 19.2. The Morgan fingerprint density at radius 2 is 1.62 bits per heavy atom. The molecule has 1 heterocycles. The van der Waals surface area contributed by atoms with Crippen LogP contribution in [0.5, 0.6) is 0 Å². The van der Waals surface area contributed by atoms with Crippen LogP contribution in [-0.4, -0.2) is 44.8 Å². The summed E-state index contributed by atoms with van der Waals surface area (Å²) in [5, 5.41) is 0. The summed E-state index contributed by atoms with van der Waals surface area (Å²) in [6.07, 6.45) is 0. The van der Waals surface area contributed by atoms with Gasteiger partial charge >= 0.3 is 21.1 Å². The minimum absolute atomic E-state index is 0. The van der Waals surface area contributed by atoms with Crippen molar-refractivity contribution in [2.75, 3.05) is 39.9 Å². The molecular weight excluding hydrogens is 248 g/mol. The van der Waals surface area contributed by atoms with Gasteiger partial charge in [0, 0.05) is 13.1 Å². The van der Waals surface area contributed by atoms with E-state index >= 15 is 0 Å². The van der Waals surface area contributed by atoms with Crippen molar-refractivity contribution in [1.82, 2.24) is 4.90 Å². The second-order valence-electron chi connectivity index (χ2n) is 1.95. The van der Waals surface area contributed by atoms with E-state index in [0.29, 0.717) is 0 Å². The van der Waals surface area contributed by atoms with Crippen molar-refractivity contribution in [3.63, 3.8) is 0 Å². The van der Waals surface area contributed by atoms with Gasteiger partial charge in [-0.15, -0.1) is 6.54 Å². The van der Waals surface area contributed by atoms with E-state index in [1.165, 1.54) is 7.05 Å². The molecule has 0 aromatic rings. The average molecular weight is 269 g/mol. The van der Waals surface area contributed by atoms with E-state index in [0.717, 1.165) is 32.8 Å². The van der Waals surface area contributed by atoms with Crippen molar-refractivity contribution in [3.8, 4) is 0 Å². The Morgan fingerprint density at radius 3 is 1.85 bits per heavy atom. The average Bonchev–Trinajstić information content (AvgIpc) is 2.25. The molecule has 0 bridgehead atoms. The molecule has 0 aliphatic carbocycles. The van der Waals surface area contributed by atoms with Gasteiger partial charge in [-0.3, -0.25) is 0 Å². The predicted octanol–water partition coefficient (Wildman–Crippen LogP) is 1.66. The second-order valence-corrected chi connectivity index (χ2v) is 1.95. The van der Waals surface area contributed by atoms with E-state index < -0.39 is 0 Å². The first-order valence-corrected chi connectivity index (χ1v) is 4.23. The quantitative estimate of drug-likeness (QED) is 0.536. The van der Waals surface area contributed by atoms with Crippen LogP contribution in [0.3, 0.4) is 0 Å². The van der Waals surface area contributed by atoms with Gasteiger partial charge in [-0.05, 0) is 0 Å². The Hall–Kier alpha value is 0.568. The third-order valence-corrected chi connectivity index (χ3v) is 1.42. The maximum Gasteiger partial charge on any atom is 3.00 e. The maximum atomic E-state index is 5.75. The SMILES string of the molecule is C[NH-].[CH2-]C.[CH2-]CN1CCOCC1.[Mo+3]. The third kappa shape index (κ3) is 12.6. The number of nitrogens with zero attached hydrogens (tertiary/aromatic N) is 1. The molecular formula is C9H21MoN2O. The molecule has 0 saturated carbocycles. The van der Waals surface area contributed by atoms with Crippen LogP contribution in [0.15, 0.2) is 0 Å². The summed E-state index contributed by atoms with van der Waals surface area (Å²) < 4.78 is 5.13. The Bertz CT molecular complexity index is 68.6. The molecule has 1 N–H and O–H groups in total. The molecule has 0 aromatic carbocycles. The van der Waals surface area contributed by atoms with Gasteiger partial charge in [0.05, 0.1) is 13.2 Å². The molecule has 4 heteroatoms. The van der Waals surface area contributed by atoms with Crippen LogP contribution in [-0.2, 0) is 25.8 Å². The molecule has 0 spiro atoms. The van der Waals surface area contributed by atoms with Gasteiger partial charge in [0.25, 0.3) is 0 Å². The zero-order chi connectivity index (χ0) is 9.82. The van der Waals surface area contributed by atoms with Crippen molar-refractivity contribution in [1.29, 1.82) is 0 Å². The molecule has 1 aliphatic rings. The van der Waals surface area contributed by atoms with Crippen molar-refractivity contribution in [2.24, 2.45) is 0 Å². The number of hydrogen-bond donors (Lipinski definition) is 0. The fourth-order valence-electron chi connectivity index (χ4n) is 0.825. The van der Waals surface area contributed by atoms with Crippen LogP contribution in [0.25, 0.3) is 5.73 Å². The smallest absolute Gasteiger partial charge is 0.680 e. The van der Waals surface area contributed by atoms with E-state index in [-0.39, 0.29) is 21.1 Å². The fraction of sp³-hybridized carbons (Fsp3) is 0.778. The summed E-state index contributed by atoms with van der Waals surface area (Å²) >= 11 is 0. The standard InChI is InChI=1S/C6H12NO.C2H5.CH4N.Mo/c1-2-7-3-5-8-6-4-7;2*1-2;/h1-6H2;1H2,2H3;2H,1H3;/q3*-1;+3. The van der Waals surface area contributed by atoms with E-state index in [2.05, 4.69) is 18.7 Å². The molecule has 1 rings (SSSR count). The number of rotatable bonds is 1. The van der Waals surface area contributed by atoms with Crippen LogP contribution < -0.4 is 0 Å². The normalized spacial score (nSPS) is 15.5. The monoisotopic (exact) mass is 271 g/mol. The molecule has 0 atom stereocenters. The molecule has 13 heavy (non-hydrogen) atoms. The number of hydrogen-bond acceptors (Lipinski definition) is 2. The second kappa shape index (κ2) is 18.4. The van der Waals surface area contributed by atoms with Crippen molar-refractivity contribution in [3.05, 3.63) is 19.6 Å². The Morgan fingerprint density at radius 1 is 1.23 bits per heavy atom. The van der Waals surface area contributed by atoms with Crippen LogP contribution in [0.1, 0.15) is 6.92 Å². The predicted molar refractivity (Wildman–Crippen MR) is 53.9 cm³/mol.